The van der Waals surface area contributed by atoms with Crippen LogP contribution in [0.4, 0.5) is 0 Å². The average molecular weight is 351 g/mol. The quantitative estimate of drug-likeness (QED) is 0.702. The highest BCUT2D eigenvalue weighted by atomic mass is 16.5. The molecule has 1 saturated heterocycles. The number of benzene rings is 2. The zero-order chi connectivity index (χ0) is 18.4. The third-order valence-electron chi connectivity index (χ3n) is 5.19. The third-order valence-corrected chi connectivity index (χ3v) is 5.19. The second-order valence-electron chi connectivity index (χ2n) is 7.37. The van der Waals surface area contributed by atoms with Crippen molar-refractivity contribution < 1.29 is 9.53 Å². The van der Waals surface area contributed by atoms with Crippen molar-refractivity contribution in [2.24, 2.45) is 0 Å². The Morgan fingerprint density at radius 1 is 1.04 bits per heavy atom. The molecule has 0 N–H and O–H groups in total. The average Bonchev–Trinajstić information content (AvgIpc) is 3.06. The number of ether oxygens (including phenoxy) is 1. The van der Waals surface area contributed by atoms with Crippen LogP contribution < -0.4 is 0 Å². The van der Waals surface area contributed by atoms with Crippen molar-refractivity contribution in [2.75, 3.05) is 19.7 Å². The van der Waals surface area contributed by atoms with Gasteiger partial charge in [-0.15, -0.1) is 0 Å². The fraction of sp³-hybridized carbons (Fsp3) is 0.435. The lowest BCUT2D eigenvalue weighted by molar-refractivity contribution is -0.121. The fourth-order valence-electron chi connectivity index (χ4n) is 3.57. The first-order valence-electron chi connectivity index (χ1n) is 9.61. The van der Waals surface area contributed by atoms with Gasteiger partial charge in [-0.25, -0.2) is 0 Å². The molecule has 2 aromatic carbocycles. The highest BCUT2D eigenvalue weighted by Crippen LogP contribution is 2.22. The molecule has 1 aliphatic rings. The molecule has 0 amide bonds. The molecule has 1 atom stereocenters. The lowest BCUT2D eigenvalue weighted by Gasteiger charge is -2.20. The second kappa shape index (κ2) is 9.11. The summed E-state index contributed by atoms with van der Waals surface area (Å²) < 4.78 is 5.37. The standard InChI is InChI=1S/C23H29NO2/c1-18-4-3-14-24(18)15-13-20-5-9-22(10-6-20)23-11-7-21(8-12-23)17-26-16-19(2)25/h5-12,18H,3-4,13-17H2,1-2H3/t18-/m1/s1. The van der Waals surface area contributed by atoms with E-state index in [0.29, 0.717) is 6.61 Å². The molecule has 0 radical (unpaired) electrons. The van der Waals surface area contributed by atoms with Gasteiger partial charge in [-0.3, -0.25) is 4.79 Å². The van der Waals surface area contributed by atoms with Crippen molar-refractivity contribution in [3.63, 3.8) is 0 Å². The van der Waals surface area contributed by atoms with Crippen LogP contribution >= 0.6 is 0 Å². The topological polar surface area (TPSA) is 29.5 Å². The van der Waals surface area contributed by atoms with Crippen molar-refractivity contribution in [1.29, 1.82) is 0 Å². The first kappa shape index (κ1) is 18.8. The maximum absolute atomic E-state index is 10.9. The van der Waals surface area contributed by atoms with Crippen LogP contribution in [0.25, 0.3) is 11.1 Å². The highest BCUT2D eigenvalue weighted by Gasteiger charge is 2.19. The summed E-state index contributed by atoms with van der Waals surface area (Å²) in [6.07, 6.45) is 3.81. The molecule has 0 aromatic heterocycles. The Balaban J connectivity index is 1.53. The summed E-state index contributed by atoms with van der Waals surface area (Å²) >= 11 is 0. The fourth-order valence-corrected chi connectivity index (χ4v) is 3.57. The molecule has 2 aromatic rings. The summed E-state index contributed by atoms with van der Waals surface area (Å²) in [5.41, 5.74) is 4.94. The number of ketones is 1. The first-order valence-corrected chi connectivity index (χ1v) is 9.61. The van der Waals surface area contributed by atoms with Gasteiger partial charge >= 0.3 is 0 Å². The Morgan fingerprint density at radius 3 is 2.19 bits per heavy atom. The molecule has 3 nitrogen and oxygen atoms in total. The van der Waals surface area contributed by atoms with Crippen molar-refractivity contribution in [3.05, 3.63) is 59.7 Å². The van der Waals surface area contributed by atoms with Gasteiger partial charge in [0.1, 0.15) is 6.61 Å². The van der Waals surface area contributed by atoms with E-state index >= 15 is 0 Å². The summed E-state index contributed by atoms with van der Waals surface area (Å²) in [5.74, 6) is 0.0564. The van der Waals surface area contributed by atoms with Crippen LogP contribution in [0.5, 0.6) is 0 Å². The molecule has 0 aliphatic carbocycles. The Labute approximate surface area is 157 Å². The minimum atomic E-state index is 0.0564. The highest BCUT2D eigenvalue weighted by molar-refractivity contribution is 5.76. The molecule has 138 valence electrons. The number of carbonyl (C=O) groups excluding carboxylic acids is 1. The summed E-state index contributed by atoms with van der Waals surface area (Å²) in [7, 11) is 0. The minimum Gasteiger partial charge on any atom is -0.369 e. The van der Waals surface area contributed by atoms with E-state index in [0.717, 1.165) is 24.6 Å². The zero-order valence-corrected chi connectivity index (χ0v) is 15.9. The van der Waals surface area contributed by atoms with Gasteiger partial charge in [-0.1, -0.05) is 48.5 Å². The Morgan fingerprint density at radius 2 is 1.65 bits per heavy atom. The van der Waals surface area contributed by atoms with E-state index in [9.17, 15) is 4.79 Å². The molecule has 1 fully saturated rings. The van der Waals surface area contributed by atoms with E-state index in [1.165, 1.54) is 36.1 Å². The predicted octanol–water partition coefficient (Wildman–Crippen LogP) is 4.49. The van der Waals surface area contributed by atoms with E-state index in [2.05, 4.69) is 60.4 Å². The smallest absolute Gasteiger partial charge is 0.155 e. The Hall–Kier alpha value is -1.97. The van der Waals surface area contributed by atoms with Gasteiger partial charge in [-0.05, 0) is 61.9 Å². The molecule has 0 bridgehead atoms. The van der Waals surface area contributed by atoms with Gasteiger partial charge in [0.15, 0.2) is 5.78 Å². The van der Waals surface area contributed by atoms with Crippen LogP contribution in [-0.2, 0) is 22.6 Å². The van der Waals surface area contributed by atoms with Crippen LogP contribution in [0, 0.1) is 0 Å². The van der Waals surface area contributed by atoms with E-state index in [1.54, 1.807) is 6.92 Å². The molecule has 0 saturated carbocycles. The maximum Gasteiger partial charge on any atom is 0.155 e. The number of hydrogen-bond donors (Lipinski definition) is 0. The molecule has 26 heavy (non-hydrogen) atoms. The van der Waals surface area contributed by atoms with E-state index < -0.39 is 0 Å². The second-order valence-corrected chi connectivity index (χ2v) is 7.37. The van der Waals surface area contributed by atoms with Gasteiger partial charge in [-0.2, -0.15) is 0 Å². The van der Waals surface area contributed by atoms with Crippen LogP contribution in [0.2, 0.25) is 0 Å². The van der Waals surface area contributed by atoms with Crippen molar-refractivity contribution in [1.82, 2.24) is 4.90 Å². The monoisotopic (exact) mass is 351 g/mol. The molecule has 1 heterocycles. The van der Waals surface area contributed by atoms with Crippen LogP contribution in [0.3, 0.4) is 0 Å². The van der Waals surface area contributed by atoms with Crippen molar-refractivity contribution >= 4 is 5.78 Å². The lowest BCUT2D eigenvalue weighted by Crippen LogP contribution is -2.28. The molecular weight excluding hydrogens is 322 g/mol. The molecule has 0 spiro atoms. The number of rotatable bonds is 8. The van der Waals surface area contributed by atoms with Gasteiger partial charge < -0.3 is 9.64 Å². The summed E-state index contributed by atoms with van der Waals surface area (Å²) in [5, 5.41) is 0. The van der Waals surface area contributed by atoms with E-state index in [4.69, 9.17) is 4.74 Å². The van der Waals surface area contributed by atoms with E-state index in [-0.39, 0.29) is 12.4 Å². The number of hydrogen-bond acceptors (Lipinski definition) is 3. The summed E-state index contributed by atoms with van der Waals surface area (Å²) in [6.45, 7) is 6.95. The summed E-state index contributed by atoms with van der Waals surface area (Å²) in [6, 6.07) is 18.0. The molecule has 3 rings (SSSR count). The predicted molar refractivity (Wildman–Crippen MR) is 106 cm³/mol. The normalized spacial score (nSPS) is 17.5. The van der Waals surface area contributed by atoms with Crippen LogP contribution in [0.15, 0.2) is 48.5 Å². The minimum absolute atomic E-state index is 0.0564. The van der Waals surface area contributed by atoms with Crippen molar-refractivity contribution in [3.8, 4) is 11.1 Å². The largest absolute Gasteiger partial charge is 0.369 e. The van der Waals surface area contributed by atoms with Crippen LogP contribution in [-0.4, -0.2) is 36.4 Å². The number of Topliss-reactive ketones (excluding diaryl/α,β-unsaturated/α-hetero) is 1. The van der Waals surface area contributed by atoms with Crippen molar-refractivity contribution in [2.45, 2.75) is 45.8 Å². The Bertz CT molecular complexity index is 706. The molecule has 1 aliphatic heterocycles. The molecule has 0 unspecified atom stereocenters. The molecule has 3 heteroatoms. The SMILES string of the molecule is CC(=O)COCc1ccc(-c2ccc(CCN3CCC[C@H]3C)cc2)cc1. The number of likely N-dealkylation sites (tertiary alicyclic amines) is 1. The lowest BCUT2D eigenvalue weighted by atomic mass is 10.0. The van der Waals surface area contributed by atoms with Crippen LogP contribution in [0.1, 0.15) is 37.8 Å². The third kappa shape index (κ3) is 5.26. The zero-order valence-electron chi connectivity index (χ0n) is 15.9. The van der Waals surface area contributed by atoms with Gasteiger partial charge in [0, 0.05) is 12.6 Å². The van der Waals surface area contributed by atoms with Gasteiger partial charge in [0.2, 0.25) is 0 Å². The number of nitrogens with zero attached hydrogens (tertiary/aromatic N) is 1. The Kier molecular flexibility index (Phi) is 6.59. The van der Waals surface area contributed by atoms with Gasteiger partial charge in [0.05, 0.1) is 6.61 Å². The van der Waals surface area contributed by atoms with Gasteiger partial charge in [0.25, 0.3) is 0 Å². The number of carbonyl (C=O) groups is 1. The van der Waals surface area contributed by atoms with E-state index in [1.807, 2.05) is 0 Å². The summed E-state index contributed by atoms with van der Waals surface area (Å²) in [4.78, 5) is 13.5. The maximum atomic E-state index is 10.9. The molecular formula is C23H29NO2. The first-order chi connectivity index (χ1) is 12.6.